The maximum absolute atomic E-state index is 13.7. The van der Waals surface area contributed by atoms with Crippen molar-refractivity contribution in [1.82, 2.24) is 14.7 Å². The summed E-state index contributed by atoms with van der Waals surface area (Å²) in [6, 6.07) is 0. The van der Waals surface area contributed by atoms with E-state index < -0.39 is 0 Å². The molecule has 1 saturated carbocycles. The van der Waals surface area contributed by atoms with Crippen LogP contribution in [-0.2, 0) is 14.3 Å². The first-order valence-corrected chi connectivity index (χ1v) is 11.1. The van der Waals surface area contributed by atoms with Crippen molar-refractivity contribution in [1.29, 1.82) is 0 Å². The van der Waals surface area contributed by atoms with Crippen LogP contribution in [0, 0.1) is 5.92 Å². The first kappa shape index (κ1) is 19.2. The number of amides is 2. The van der Waals surface area contributed by atoms with E-state index >= 15 is 0 Å². The number of nitrogens with zero attached hydrogens (tertiary/aromatic N) is 3. The Hall–Kier alpha value is -1.14. The van der Waals surface area contributed by atoms with E-state index in [1.54, 1.807) is 0 Å². The number of ether oxygens (including phenoxy) is 1. The molecule has 0 unspecified atom stereocenters. The first-order chi connectivity index (χ1) is 13.2. The van der Waals surface area contributed by atoms with Crippen molar-refractivity contribution < 1.29 is 14.3 Å². The number of morpholine rings is 1. The van der Waals surface area contributed by atoms with E-state index in [1.807, 2.05) is 4.90 Å². The predicted octanol–water partition coefficient (Wildman–Crippen LogP) is 1.88. The fraction of sp³-hybridized carbons (Fsp3) is 0.905. The van der Waals surface area contributed by atoms with Crippen molar-refractivity contribution in [2.45, 2.75) is 63.3 Å². The summed E-state index contributed by atoms with van der Waals surface area (Å²) in [7, 11) is 0. The van der Waals surface area contributed by atoms with Gasteiger partial charge in [-0.15, -0.1) is 0 Å². The Morgan fingerprint density at radius 3 is 2.00 bits per heavy atom. The lowest BCUT2D eigenvalue weighted by atomic mass is 9.78. The minimum absolute atomic E-state index is 0.123. The fourth-order valence-electron chi connectivity index (χ4n) is 5.61. The average molecular weight is 378 g/mol. The van der Waals surface area contributed by atoms with E-state index in [4.69, 9.17) is 4.74 Å². The van der Waals surface area contributed by atoms with E-state index in [9.17, 15) is 9.59 Å². The second kappa shape index (κ2) is 8.48. The smallest absolute Gasteiger partial charge is 0.243 e. The molecule has 0 N–H and O–H groups in total. The number of piperidine rings is 1. The van der Waals surface area contributed by atoms with Gasteiger partial charge in [0.25, 0.3) is 0 Å². The van der Waals surface area contributed by atoms with Crippen LogP contribution >= 0.6 is 0 Å². The van der Waals surface area contributed by atoms with Crippen LogP contribution in [0.2, 0.25) is 0 Å². The Bertz CT molecular complexity index is 527. The van der Waals surface area contributed by atoms with E-state index in [1.165, 1.54) is 6.42 Å². The lowest BCUT2D eigenvalue weighted by Gasteiger charge is -2.49. The van der Waals surface area contributed by atoms with Gasteiger partial charge >= 0.3 is 0 Å². The molecule has 2 amide bonds. The molecular formula is C21H35N3O3. The Kier molecular flexibility index (Phi) is 6.02. The van der Waals surface area contributed by atoms with Crippen molar-refractivity contribution in [3.05, 3.63) is 0 Å². The maximum Gasteiger partial charge on any atom is 0.243 e. The molecular weight excluding hydrogens is 342 g/mol. The molecule has 0 bridgehead atoms. The molecule has 0 spiro atoms. The molecule has 1 aliphatic carbocycles. The van der Waals surface area contributed by atoms with Gasteiger partial charge in [-0.25, -0.2) is 0 Å². The zero-order chi connectivity index (χ0) is 18.7. The van der Waals surface area contributed by atoms with E-state index in [-0.39, 0.29) is 11.5 Å². The molecule has 0 aromatic carbocycles. The molecule has 152 valence electrons. The van der Waals surface area contributed by atoms with Crippen LogP contribution in [0.25, 0.3) is 0 Å². The van der Waals surface area contributed by atoms with Crippen molar-refractivity contribution in [3.8, 4) is 0 Å². The van der Waals surface area contributed by atoms with Gasteiger partial charge < -0.3 is 14.5 Å². The molecule has 6 heteroatoms. The largest absolute Gasteiger partial charge is 0.379 e. The maximum atomic E-state index is 13.7. The molecule has 0 radical (unpaired) electrons. The van der Waals surface area contributed by atoms with Crippen LogP contribution < -0.4 is 0 Å². The summed E-state index contributed by atoms with van der Waals surface area (Å²) in [5.41, 5.74) is -0.312. The molecule has 3 aliphatic heterocycles. The van der Waals surface area contributed by atoms with E-state index in [2.05, 4.69) is 9.80 Å². The molecule has 0 aromatic heterocycles. The summed E-state index contributed by atoms with van der Waals surface area (Å²) in [5.74, 6) is 0.786. The lowest BCUT2D eigenvalue weighted by molar-refractivity contribution is -0.154. The summed E-state index contributed by atoms with van der Waals surface area (Å²) in [6.45, 7) is 6.56. The average Bonchev–Trinajstić information content (AvgIpc) is 3.29. The normalized spacial score (nSPS) is 27.7. The summed E-state index contributed by atoms with van der Waals surface area (Å²) >= 11 is 0. The summed E-state index contributed by atoms with van der Waals surface area (Å²) < 4.78 is 5.54. The van der Waals surface area contributed by atoms with Crippen molar-refractivity contribution >= 4 is 11.8 Å². The van der Waals surface area contributed by atoms with Crippen LogP contribution in [0.3, 0.4) is 0 Å². The van der Waals surface area contributed by atoms with Gasteiger partial charge in [-0.05, 0) is 38.5 Å². The number of likely N-dealkylation sites (tertiary alicyclic amines) is 2. The zero-order valence-electron chi connectivity index (χ0n) is 16.7. The van der Waals surface area contributed by atoms with Crippen LogP contribution in [0.1, 0.15) is 57.8 Å². The highest BCUT2D eigenvalue weighted by Gasteiger charge is 2.47. The topological polar surface area (TPSA) is 53.1 Å². The number of carbonyl (C=O) groups excluding carboxylic acids is 2. The van der Waals surface area contributed by atoms with Gasteiger partial charge in [0.15, 0.2) is 0 Å². The molecule has 27 heavy (non-hydrogen) atoms. The molecule has 6 nitrogen and oxygen atoms in total. The fourth-order valence-corrected chi connectivity index (χ4v) is 5.61. The number of carbonyl (C=O) groups is 2. The quantitative estimate of drug-likeness (QED) is 0.754. The second-order valence-corrected chi connectivity index (χ2v) is 8.79. The Balaban J connectivity index is 1.39. The zero-order valence-corrected chi connectivity index (χ0v) is 16.7. The van der Waals surface area contributed by atoms with Gasteiger partial charge in [0.1, 0.15) is 5.54 Å². The molecule has 0 aromatic rings. The third-order valence-corrected chi connectivity index (χ3v) is 7.24. The second-order valence-electron chi connectivity index (χ2n) is 8.79. The van der Waals surface area contributed by atoms with Crippen molar-refractivity contribution in [2.24, 2.45) is 5.92 Å². The molecule has 4 fully saturated rings. The van der Waals surface area contributed by atoms with Gasteiger partial charge in [-0.3, -0.25) is 14.5 Å². The number of hydrogen-bond donors (Lipinski definition) is 0. The van der Waals surface area contributed by atoms with Crippen LogP contribution in [-0.4, -0.2) is 84.5 Å². The third kappa shape index (κ3) is 3.88. The van der Waals surface area contributed by atoms with Gasteiger partial charge in [-0.1, -0.05) is 19.3 Å². The van der Waals surface area contributed by atoms with Crippen molar-refractivity contribution in [2.75, 3.05) is 52.5 Å². The first-order valence-electron chi connectivity index (χ1n) is 11.1. The summed E-state index contributed by atoms with van der Waals surface area (Å²) in [6.07, 6.45) is 9.46. The van der Waals surface area contributed by atoms with Crippen LogP contribution in [0.15, 0.2) is 0 Å². The van der Waals surface area contributed by atoms with Gasteiger partial charge in [0, 0.05) is 45.2 Å². The third-order valence-electron chi connectivity index (χ3n) is 7.24. The molecule has 0 atom stereocenters. The number of rotatable bonds is 3. The highest BCUT2D eigenvalue weighted by atomic mass is 16.5. The Morgan fingerprint density at radius 2 is 1.37 bits per heavy atom. The monoisotopic (exact) mass is 377 g/mol. The highest BCUT2D eigenvalue weighted by Crippen LogP contribution is 2.37. The van der Waals surface area contributed by atoms with Crippen molar-refractivity contribution in [3.63, 3.8) is 0 Å². The summed E-state index contributed by atoms with van der Waals surface area (Å²) in [4.78, 5) is 32.9. The van der Waals surface area contributed by atoms with Gasteiger partial charge in [0.2, 0.25) is 11.8 Å². The van der Waals surface area contributed by atoms with E-state index in [0.29, 0.717) is 11.8 Å². The van der Waals surface area contributed by atoms with Crippen LogP contribution in [0.4, 0.5) is 0 Å². The minimum Gasteiger partial charge on any atom is -0.379 e. The predicted molar refractivity (Wildman–Crippen MR) is 103 cm³/mol. The molecule has 4 rings (SSSR count). The Morgan fingerprint density at radius 1 is 0.741 bits per heavy atom. The van der Waals surface area contributed by atoms with Crippen LogP contribution in [0.5, 0.6) is 0 Å². The minimum atomic E-state index is -0.312. The lowest BCUT2D eigenvalue weighted by Crippen LogP contribution is -2.63. The highest BCUT2D eigenvalue weighted by molar-refractivity contribution is 5.87. The molecule has 3 saturated heterocycles. The Labute approximate surface area is 163 Å². The van der Waals surface area contributed by atoms with Gasteiger partial charge in [-0.2, -0.15) is 0 Å². The van der Waals surface area contributed by atoms with Gasteiger partial charge in [0.05, 0.1) is 13.2 Å². The van der Waals surface area contributed by atoms with E-state index in [0.717, 1.165) is 104 Å². The summed E-state index contributed by atoms with van der Waals surface area (Å²) in [5, 5.41) is 0. The molecule has 3 heterocycles. The molecule has 4 aliphatic rings. The number of hydrogen-bond acceptors (Lipinski definition) is 4. The SMILES string of the molecule is O=C(C1CCN(C(=O)C2(N3CCOCC3)CCCCC2)CC1)N1CCCC1. The standard InChI is InChI=1S/C21H35N3O3/c25-19(22-10-4-5-11-22)18-6-12-23(13-7-18)20(26)21(8-2-1-3-9-21)24-14-16-27-17-15-24/h18H,1-17H2.